The van der Waals surface area contributed by atoms with Gasteiger partial charge in [-0.2, -0.15) is 9.78 Å². The Labute approximate surface area is 171 Å². The van der Waals surface area contributed by atoms with Crippen LogP contribution in [-0.2, 0) is 5.41 Å². The maximum atomic E-state index is 13.2. The van der Waals surface area contributed by atoms with Crippen molar-refractivity contribution in [2.24, 2.45) is 5.10 Å². The number of nitrogens with zero attached hydrogens (tertiary/aromatic N) is 3. The summed E-state index contributed by atoms with van der Waals surface area (Å²) < 4.78 is 12.9. The van der Waals surface area contributed by atoms with Crippen molar-refractivity contribution in [3.05, 3.63) is 62.6 Å². The van der Waals surface area contributed by atoms with Crippen LogP contribution in [0.4, 0.5) is 0 Å². The summed E-state index contributed by atoms with van der Waals surface area (Å²) >= 11 is 3.41. The Bertz CT molecular complexity index is 1110. The van der Waals surface area contributed by atoms with E-state index in [1.807, 2.05) is 45.0 Å². The maximum absolute atomic E-state index is 13.2. The van der Waals surface area contributed by atoms with Crippen molar-refractivity contribution >= 4 is 33.0 Å². The van der Waals surface area contributed by atoms with Crippen LogP contribution in [-0.4, -0.2) is 30.1 Å². The Hall–Kier alpha value is -2.67. The molecule has 3 rings (SSSR count). The number of halogens is 1. The van der Waals surface area contributed by atoms with Crippen LogP contribution in [0.3, 0.4) is 0 Å². The van der Waals surface area contributed by atoms with Crippen LogP contribution in [0.5, 0.6) is 11.5 Å². The van der Waals surface area contributed by atoms with Crippen LogP contribution >= 0.6 is 15.9 Å². The minimum Gasteiger partial charge on any atom is -0.493 e. The maximum Gasteiger partial charge on any atom is 0.282 e. The van der Waals surface area contributed by atoms with Gasteiger partial charge >= 0.3 is 0 Å². The minimum atomic E-state index is -0.379. The number of rotatable bonds is 4. The van der Waals surface area contributed by atoms with E-state index in [2.05, 4.69) is 21.0 Å². The molecule has 0 radical (unpaired) electrons. The van der Waals surface area contributed by atoms with Crippen molar-refractivity contribution in [2.45, 2.75) is 26.2 Å². The fourth-order valence-corrected chi connectivity index (χ4v) is 3.24. The van der Waals surface area contributed by atoms with E-state index in [4.69, 9.17) is 14.5 Å². The van der Waals surface area contributed by atoms with E-state index >= 15 is 0 Å². The fraction of sp³-hybridized carbons (Fsp3) is 0.286. The Morgan fingerprint density at radius 3 is 2.54 bits per heavy atom. The lowest BCUT2D eigenvalue weighted by Crippen LogP contribution is -2.29. The molecule has 0 fully saturated rings. The zero-order valence-electron chi connectivity index (χ0n) is 16.5. The molecule has 0 bridgehead atoms. The molecule has 6 nitrogen and oxygen atoms in total. The van der Waals surface area contributed by atoms with Crippen LogP contribution in [0.1, 0.15) is 32.2 Å². The van der Waals surface area contributed by atoms with Crippen LogP contribution < -0.4 is 15.0 Å². The minimum absolute atomic E-state index is 0.227. The molecule has 28 heavy (non-hydrogen) atoms. The quantitative estimate of drug-likeness (QED) is 0.561. The van der Waals surface area contributed by atoms with Crippen molar-refractivity contribution in [3.63, 3.8) is 0 Å². The molecule has 3 aromatic rings. The van der Waals surface area contributed by atoms with Gasteiger partial charge in [-0.05, 0) is 30.3 Å². The number of aromatic nitrogens is 2. The summed E-state index contributed by atoms with van der Waals surface area (Å²) in [6, 6.07) is 10.9. The van der Waals surface area contributed by atoms with Crippen molar-refractivity contribution in [1.29, 1.82) is 0 Å². The molecule has 0 unspecified atom stereocenters. The van der Waals surface area contributed by atoms with E-state index < -0.39 is 0 Å². The van der Waals surface area contributed by atoms with Gasteiger partial charge in [-0.3, -0.25) is 4.79 Å². The van der Waals surface area contributed by atoms with Gasteiger partial charge in [0.15, 0.2) is 11.5 Å². The lowest BCUT2D eigenvalue weighted by Gasteiger charge is -2.21. The van der Waals surface area contributed by atoms with Gasteiger partial charge in [-0.25, -0.2) is 4.98 Å². The van der Waals surface area contributed by atoms with Gasteiger partial charge in [0.2, 0.25) is 0 Å². The molecule has 7 heteroatoms. The summed E-state index contributed by atoms with van der Waals surface area (Å²) in [6.07, 6.45) is 1.59. The molecule has 0 saturated carbocycles. The Kier molecular flexibility index (Phi) is 5.56. The van der Waals surface area contributed by atoms with E-state index in [0.29, 0.717) is 33.8 Å². The number of hydrogen-bond donors (Lipinski definition) is 0. The van der Waals surface area contributed by atoms with Crippen LogP contribution in [0, 0.1) is 0 Å². The van der Waals surface area contributed by atoms with Crippen LogP contribution in [0.15, 0.2) is 50.8 Å². The zero-order chi connectivity index (χ0) is 20.5. The van der Waals surface area contributed by atoms with Crippen molar-refractivity contribution < 1.29 is 9.47 Å². The molecule has 0 N–H and O–H groups in total. The first-order valence-electron chi connectivity index (χ1n) is 8.74. The molecule has 0 saturated heterocycles. The van der Waals surface area contributed by atoms with E-state index in [9.17, 15) is 4.79 Å². The number of hydrogen-bond acceptors (Lipinski definition) is 5. The Balaban J connectivity index is 2.24. The first-order valence-corrected chi connectivity index (χ1v) is 9.53. The molecular weight excluding hydrogens is 422 g/mol. The Morgan fingerprint density at radius 1 is 1.14 bits per heavy atom. The third-order valence-corrected chi connectivity index (χ3v) is 4.72. The average Bonchev–Trinajstić information content (AvgIpc) is 2.66. The molecular formula is C21H22BrN3O3. The average molecular weight is 444 g/mol. The topological polar surface area (TPSA) is 65.7 Å². The summed E-state index contributed by atoms with van der Waals surface area (Å²) in [5, 5.41) is 4.97. The monoisotopic (exact) mass is 443 g/mol. The number of ether oxygens (including phenoxy) is 2. The van der Waals surface area contributed by atoms with Crippen LogP contribution in [0.2, 0.25) is 0 Å². The molecule has 146 valence electrons. The molecule has 0 spiro atoms. The van der Waals surface area contributed by atoms with Gasteiger partial charge in [0.05, 0.1) is 31.3 Å². The molecule has 0 atom stereocenters. The Morgan fingerprint density at radius 2 is 1.89 bits per heavy atom. The molecule has 2 aromatic carbocycles. The van der Waals surface area contributed by atoms with Gasteiger partial charge in [0, 0.05) is 15.5 Å². The molecule has 0 aliphatic rings. The molecule has 0 aliphatic heterocycles. The number of para-hydroxylation sites is 1. The standard InChI is InChI=1S/C21H22BrN3O3/c1-21(2,3)20-24-16-10-9-14(22)11-15(16)19(26)25(20)23-12-13-7-6-8-17(27-4)18(13)28-5/h6-12H,1-5H3. The van der Waals surface area contributed by atoms with E-state index in [1.54, 1.807) is 32.6 Å². The predicted octanol–water partition coefficient (Wildman–Crippen LogP) is 4.36. The summed E-state index contributed by atoms with van der Waals surface area (Å²) in [6.45, 7) is 5.99. The third-order valence-electron chi connectivity index (χ3n) is 4.22. The second kappa shape index (κ2) is 7.75. The first-order chi connectivity index (χ1) is 13.3. The summed E-state index contributed by atoms with van der Waals surface area (Å²) in [5.74, 6) is 1.72. The van der Waals surface area contributed by atoms with Crippen molar-refractivity contribution in [3.8, 4) is 11.5 Å². The normalized spacial score (nSPS) is 11.9. The highest BCUT2D eigenvalue weighted by molar-refractivity contribution is 9.10. The second-order valence-electron chi connectivity index (χ2n) is 7.29. The molecule has 0 aliphatic carbocycles. The van der Waals surface area contributed by atoms with Crippen molar-refractivity contribution in [2.75, 3.05) is 14.2 Å². The number of benzene rings is 2. The number of methoxy groups -OCH3 is 2. The van der Waals surface area contributed by atoms with Gasteiger partial charge in [0.25, 0.3) is 5.56 Å². The van der Waals surface area contributed by atoms with Gasteiger partial charge in [0.1, 0.15) is 5.82 Å². The largest absolute Gasteiger partial charge is 0.493 e. The van der Waals surface area contributed by atoms with Gasteiger partial charge < -0.3 is 9.47 Å². The summed E-state index contributed by atoms with van der Waals surface area (Å²) in [4.78, 5) is 17.9. The van der Waals surface area contributed by atoms with Crippen LogP contribution in [0.25, 0.3) is 10.9 Å². The molecule has 1 heterocycles. The van der Waals surface area contributed by atoms with E-state index in [0.717, 1.165) is 4.47 Å². The lowest BCUT2D eigenvalue weighted by molar-refractivity contribution is 0.354. The van der Waals surface area contributed by atoms with E-state index in [-0.39, 0.29) is 11.0 Å². The highest BCUT2D eigenvalue weighted by Gasteiger charge is 2.23. The molecule has 0 amide bonds. The molecule has 1 aromatic heterocycles. The van der Waals surface area contributed by atoms with Gasteiger partial charge in [-0.1, -0.05) is 42.8 Å². The number of fused-ring (bicyclic) bond motifs is 1. The first kappa shape index (κ1) is 20.1. The second-order valence-corrected chi connectivity index (χ2v) is 8.21. The van der Waals surface area contributed by atoms with E-state index in [1.165, 1.54) is 4.68 Å². The van der Waals surface area contributed by atoms with Gasteiger partial charge in [-0.15, -0.1) is 0 Å². The summed E-state index contributed by atoms with van der Waals surface area (Å²) in [5.41, 5.74) is 0.733. The summed E-state index contributed by atoms with van der Waals surface area (Å²) in [7, 11) is 3.14. The predicted molar refractivity (Wildman–Crippen MR) is 115 cm³/mol. The zero-order valence-corrected chi connectivity index (χ0v) is 18.1. The lowest BCUT2D eigenvalue weighted by atomic mass is 9.95. The third kappa shape index (κ3) is 3.80. The highest BCUT2D eigenvalue weighted by atomic mass is 79.9. The SMILES string of the molecule is COc1cccc(C=Nn2c(C(C)(C)C)nc3ccc(Br)cc3c2=O)c1OC. The smallest absolute Gasteiger partial charge is 0.282 e. The van der Waals surface area contributed by atoms with Crippen molar-refractivity contribution in [1.82, 2.24) is 9.66 Å². The fourth-order valence-electron chi connectivity index (χ4n) is 2.87. The highest BCUT2D eigenvalue weighted by Crippen LogP contribution is 2.29.